The van der Waals surface area contributed by atoms with Crippen molar-refractivity contribution in [3.8, 4) is 18.1 Å². The maximum atomic E-state index is 13.2. The second-order valence-corrected chi connectivity index (χ2v) is 4.91. The third-order valence-electron chi connectivity index (χ3n) is 3.11. The third kappa shape index (κ3) is 3.95. The lowest BCUT2D eigenvalue weighted by Gasteiger charge is -2.18. The maximum absolute atomic E-state index is 13.2. The van der Waals surface area contributed by atoms with Crippen LogP contribution < -0.4 is 4.74 Å². The summed E-state index contributed by atoms with van der Waals surface area (Å²) in [5, 5.41) is -1.05. The summed E-state index contributed by atoms with van der Waals surface area (Å²) in [4.78, 5) is 2.91. The highest BCUT2D eigenvalue weighted by Gasteiger charge is 2.41. The zero-order valence-electron chi connectivity index (χ0n) is 12.3. The minimum Gasteiger partial charge on any atom is -0.480 e. The summed E-state index contributed by atoms with van der Waals surface area (Å²) < 4.78 is 122. The summed E-state index contributed by atoms with van der Waals surface area (Å²) in [5.41, 5.74) is -6.53. The van der Waals surface area contributed by atoms with Crippen molar-refractivity contribution >= 4 is 10.9 Å². The van der Waals surface area contributed by atoms with E-state index in [1.165, 1.54) is 0 Å². The van der Waals surface area contributed by atoms with E-state index in [0.29, 0.717) is 0 Å². The number of rotatable bonds is 2. The lowest BCUT2D eigenvalue weighted by atomic mass is 10.0. The van der Waals surface area contributed by atoms with Crippen LogP contribution in [0.3, 0.4) is 0 Å². The first-order chi connectivity index (χ1) is 11.7. The molecule has 1 aromatic carbocycles. The summed E-state index contributed by atoms with van der Waals surface area (Å²) in [6, 6.07) is 0.0186. The molecule has 0 bridgehead atoms. The minimum atomic E-state index is -5.31. The Hall–Kier alpha value is -2.64. The van der Waals surface area contributed by atoms with Gasteiger partial charge in [0.2, 0.25) is 0 Å². The molecule has 0 N–H and O–H groups in total. The van der Waals surface area contributed by atoms with Gasteiger partial charge in [0.15, 0.2) is 0 Å². The number of halogens is 9. The smallest absolute Gasteiger partial charge is 0.433 e. The van der Waals surface area contributed by atoms with Gasteiger partial charge in [-0.15, -0.1) is 6.42 Å². The largest absolute Gasteiger partial charge is 0.480 e. The van der Waals surface area contributed by atoms with Crippen LogP contribution in [0.25, 0.3) is 10.9 Å². The summed E-state index contributed by atoms with van der Waals surface area (Å²) in [6.45, 7) is -0.700. The summed E-state index contributed by atoms with van der Waals surface area (Å²) in [6.07, 6.45) is -10.8. The molecule has 2 rings (SSSR count). The van der Waals surface area contributed by atoms with Crippen molar-refractivity contribution in [3.63, 3.8) is 0 Å². The van der Waals surface area contributed by atoms with Gasteiger partial charge in [-0.2, -0.15) is 39.5 Å². The van der Waals surface area contributed by atoms with E-state index in [0.717, 1.165) is 0 Å². The molecule has 0 saturated heterocycles. The number of terminal acetylenes is 1. The Balaban J connectivity index is 2.96. The van der Waals surface area contributed by atoms with Gasteiger partial charge in [0.1, 0.15) is 18.1 Å². The van der Waals surface area contributed by atoms with Crippen LogP contribution in [0.15, 0.2) is 18.2 Å². The number of benzene rings is 1. The van der Waals surface area contributed by atoms with Gasteiger partial charge in [0.05, 0.1) is 22.0 Å². The molecule has 11 heteroatoms. The van der Waals surface area contributed by atoms with Crippen LogP contribution in [0.1, 0.15) is 16.8 Å². The van der Waals surface area contributed by atoms with Crippen LogP contribution >= 0.6 is 0 Å². The first kappa shape index (κ1) is 19.7. The number of hydrogen-bond acceptors (Lipinski definition) is 2. The Morgan fingerprint density at radius 2 is 1.50 bits per heavy atom. The quantitative estimate of drug-likeness (QED) is 0.515. The maximum Gasteiger partial charge on any atom is 0.433 e. The van der Waals surface area contributed by atoms with E-state index in [1.54, 1.807) is 0 Å². The zero-order valence-corrected chi connectivity index (χ0v) is 12.3. The molecule has 2 aromatic rings. The lowest BCUT2D eigenvalue weighted by Crippen LogP contribution is -2.14. The fourth-order valence-electron chi connectivity index (χ4n) is 2.10. The van der Waals surface area contributed by atoms with Crippen molar-refractivity contribution in [3.05, 3.63) is 35.0 Å². The van der Waals surface area contributed by atoms with Crippen LogP contribution in [-0.4, -0.2) is 11.6 Å². The predicted molar refractivity (Wildman–Crippen MR) is 71.1 cm³/mol. The molecule has 0 amide bonds. The molecule has 1 heterocycles. The molecule has 2 nitrogen and oxygen atoms in total. The van der Waals surface area contributed by atoms with Crippen LogP contribution in [0.2, 0.25) is 0 Å². The highest BCUT2D eigenvalue weighted by molar-refractivity contribution is 5.90. The predicted octanol–water partition coefficient (Wildman–Crippen LogP) is 5.30. The number of aromatic nitrogens is 1. The fourth-order valence-corrected chi connectivity index (χ4v) is 2.10. The number of ether oxygens (including phenoxy) is 1. The van der Waals surface area contributed by atoms with E-state index in [2.05, 4.69) is 4.98 Å². The molecule has 140 valence electrons. The average molecular weight is 387 g/mol. The molecular weight excluding hydrogens is 381 g/mol. The standard InChI is InChI=1S/C15H6F9NO/c1-2-3-26-10-6-11(15(22,23)24)25-9-5-7(13(16,17)18)4-8(12(9)10)14(19,20)21/h1,4-6H,3H2. The molecule has 0 spiro atoms. The zero-order chi connectivity index (χ0) is 19.9. The average Bonchev–Trinajstić information content (AvgIpc) is 2.48. The summed E-state index contributed by atoms with van der Waals surface area (Å²) >= 11 is 0. The first-order valence-corrected chi connectivity index (χ1v) is 6.52. The lowest BCUT2D eigenvalue weighted by molar-refractivity contribution is -0.142. The van der Waals surface area contributed by atoms with E-state index < -0.39 is 58.6 Å². The minimum absolute atomic E-state index is 0.0859. The normalized spacial score (nSPS) is 12.9. The molecule has 0 aliphatic carbocycles. The van der Waals surface area contributed by atoms with E-state index in [-0.39, 0.29) is 18.2 Å². The van der Waals surface area contributed by atoms with Crippen molar-refractivity contribution in [2.24, 2.45) is 0 Å². The fraction of sp³-hybridized carbons (Fsp3) is 0.267. The van der Waals surface area contributed by atoms with E-state index in [9.17, 15) is 39.5 Å². The van der Waals surface area contributed by atoms with Gasteiger partial charge in [0.25, 0.3) is 0 Å². The van der Waals surface area contributed by atoms with Crippen molar-refractivity contribution in [2.75, 3.05) is 6.61 Å². The molecule has 0 atom stereocenters. The Kier molecular flexibility index (Phi) is 4.74. The molecule has 0 radical (unpaired) electrons. The van der Waals surface area contributed by atoms with E-state index >= 15 is 0 Å². The van der Waals surface area contributed by atoms with Crippen molar-refractivity contribution in [1.82, 2.24) is 4.98 Å². The Morgan fingerprint density at radius 3 is 1.96 bits per heavy atom. The first-order valence-electron chi connectivity index (χ1n) is 6.52. The third-order valence-corrected chi connectivity index (χ3v) is 3.11. The molecule has 0 unspecified atom stereocenters. The molecular formula is C15H6F9NO. The van der Waals surface area contributed by atoms with Gasteiger partial charge in [-0.05, 0) is 12.1 Å². The van der Waals surface area contributed by atoms with Gasteiger partial charge >= 0.3 is 18.5 Å². The molecule has 0 aliphatic rings. The topological polar surface area (TPSA) is 22.1 Å². The molecule has 1 aromatic heterocycles. The number of alkyl halides is 9. The molecule has 0 aliphatic heterocycles. The van der Waals surface area contributed by atoms with Crippen LogP contribution in [-0.2, 0) is 18.5 Å². The number of fused-ring (bicyclic) bond motifs is 1. The second kappa shape index (κ2) is 6.26. The Labute approximate surface area is 139 Å². The highest BCUT2D eigenvalue weighted by Crippen LogP contribution is 2.44. The van der Waals surface area contributed by atoms with Gasteiger partial charge < -0.3 is 4.74 Å². The van der Waals surface area contributed by atoms with Crippen LogP contribution in [0.5, 0.6) is 5.75 Å². The van der Waals surface area contributed by atoms with Crippen molar-refractivity contribution in [1.29, 1.82) is 0 Å². The van der Waals surface area contributed by atoms with Crippen molar-refractivity contribution in [2.45, 2.75) is 18.5 Å². The van der Waals surface area contributed by atoms with Crippen LogP contribution in [0.4, 0.5) is 39.5 Å². The van der Waals surface area contributed by atoms with Gasteiger partial charge in [-0.3, -0.25) is 0 Å². The second-order valence-electron chi connectivity index (χ2n) is 4.91. The number of pyridine rings is 1. The van der Waals surface area contributed by atoms with Crippen molar-refractivity contribution < 1.29 is 44.3 Å². The van der Waals surface area contributed by atoms with Crippen LogP contribution in [0, 0.1) is 12.3 Å². The van der Waals surface area contributed by atoms with E-state index in [4.69, 9.17) is 11.2 Å². The molecule has 0 fully saturated rings. The molecule has 0 saturated carbocycles. The SMILES string of the molecule is C#CCOc1cc(C(F)(F)F)nc2cc(C(F)(F)F)cc(C(F)(F)F)c12. The highest BCUT2D eigenvalue weighted by atomic mass is 19.4. The van der Waals surface area contributed by atoms with E-state index in [1.807, 2.05) is 5.92 Å². The Bertz CT molecular complexity index is 867. The monoisotopic (exact) mass is 387 g/mol. The Morgan fingerprint density at radius 1 is 0.885 bits per heavy atom. The molecule has 26 heavy (non-hydrogen) atoms. The number of nitrogens with zero attached hydrogens (tertiary/aromatic N) is 1. The summed E-state index contributed by atoms with van der Waals surface area (Å²) in [7, 11) is 0. The summed E-state index contributed by atoms with van der Waals surface area (Å²) in [5.74, 6) is 0.877. The van der Waals surface area contributed by atoms with Gasteiger partial charge in [0, 0.05) is 6.07 Å². The van der Waals surface area contributed by atoms with Gasteiger partial charge in [-0.25, -0.2) is 4.98 Å². The number of hydrogen-bond donors (Lipinski definition) is 0. The van der Waals surface area contributed by atoms with Gasteiger partial charge in [-0.1, -0.05) is 5.92 Å².